The minimum Gasteiger partial charge on any atom is -0.491 e. The first-order valence-electron chi connectivity index (χ1n) is 6.17. The van der Waals surface area contributed by atoms with Gasteiger partial charge in [-0.25, -0.2) is 4.39 Å². The Morgan fingerprint density at radius 1 is 1.21 bits per heavy atom. The molecule has 2 aromatic carbocycles. The van der Waals surface area contributed by atoms with Crippen LogP contribution in [-0.4, -0.2) is 19.1 Å². The third-order valence-corrected chi connectivity index (χ3v) is 2.73. The lowest BCUT2D eigenvalue weighted by Crippen LogP contribution is -2.05. The highest BCUT2D eigenvalue weighted by atomic mass is 18.2. The Labute approximate surface area is 111 Å². The fourth-order valence-corrected chi connectivity index (χ4v) is 1.83. The van der Waals surface area contributed by atoms with Crippen molar-refractivity contribution >= 4 is 16.6 Å². The maximum absolute atomic E-state index is 12.0. The first-order valence-corrected chi connectivity index (χ1v) is 6.17. The molecule has 0 amide bonds. The molecule has 2 aromatic rings. The van der Waals surface area contributed by atoms with Gasteiger partial charge in [-0.3, -0.25) is 4.99 Å². The van der Waals surface area contributed by atoms with Crippen LogP contribution in [0.3, 0.4) is 0 Å². The normalized spacial score (nSPS) is 11.8. The van der Waals surface area contributed by atoms with Crippen molar-refractivity contribution in [3.63, 3.8) is 0 Å². The molecular formula is C15H17FN2O. The molecule has 0 radical (unpaired) electrons. The molecule has 4 heteroatoms. The monoisotopic (exact) mass is 259 g/mol. The molecule has 0 aliphatic carbocycles. The molecule has 0 aliphatic rings. The molecule has 2 N–H and O–H groups in total. The fourth-order valence-electron chi connectivity index (χ4n) is 1.83. The topological polar surface area (TPSA) is 47.6 Å². The summed E-state index contributed by atoms with van der Waals surface area (Å²) in [5.41, 5.74) is 6.63. The molecule has 0 heterocycles. The van der Waals surface area contributed by atoms with E-state index in [1.165, 1.54) is 0 Å². The van der Waals surface area contributed by atoms with Gasteiger partial charge >= 0.3 is 0 Å². The van der Waals surface area contributed by atoms with Crippen LogP contribution in [0.2, 0.25) is 0 Å². The van der Waals surface area contributed by atoms with E-state index in [-0.39, 0.29) is 6.61 Å². The number of rotatable bonds is 5. The fraction of sp³-hybridized carbons (Fsp3) is 0.267. The number of fused-ring (bicyclic) bond motifs is 1. The smallest absolute Gasteiger partial charge is 0.123 e. The molecule has 0 fully saturated rings. The quantitative estimate of drug-likeness (QED) is 0.662. The number of benzene rings is 2. The van der Waals surface area contributed by atoms with Crippen molar-refractivity contribution in [2.45, 2.75) is 13.5 Å². The molecule has 0 aromatic heterocycles. The zero-order chi connectivity index (χ0) is 13.7. The Hall–Kier alpha value is -2.10. The summed E-state index contributed by atoms with van der Waals surface area (Å²) in [5, 5.41) is 2.17. The lowest BCUT2D eigenvalue weighted by molar-refractivity contribution is 0.273. The van der Waals surface area contributed by atoms with Crippen molar-refractivity contribution in [1.29, 1.82) is 0 Å². The number of ether oxygens (including phenoxy) is 1. The molecule has 19 heavy (non-hydrogen) atoms. The lowest BCUT2D eigenvalue weighted by atomic mass is 10.1. The van der Waals surface area contributed by atoms with E-state index in [2.05, 4.69) is 11.1 Å². The third-order valence-electron chi connectivity index (χ3n) is 2.73. The highest BCUT2D eigenvalue weighted by Crippen LogP contribution is 2.22. The Balaban J connectivity index is 2.22. The van der Waals surface area contributed by atoms with E-state index < -0.39 is 6.67 Å². The molecule has 0 bridgehead atoms. The molecule has 0 unspecified atom stereocenters. The number of nitrogens with two attached hydrogens (primary N) is 1. The Kier molecular flexibility index (Phi) is 4.34. The summed E-state index contributed by atoms with van der Waals surface area (Å²) >= 11 is 0. The Morgan fingerprint density at radius 3 is 2.68 bits per heavy atom. The van der Waals surface area contributed by atoms with E-state index in [1.54, 1.807) is 6.92 Å². The number of hydrogen-bond acceptors (Lipinski definition) is 2. The summed E-state index contributed by atoms with van der Waals surface area (Å²) < 4.78 is 17.3. The van der Waals surface area contributed by atoms with Gasteiger partial charge in [0, 0.05) is 0 Å². The molecule has 2 rings (SSSR count). The highest BCUT2D eigenvalue weighted by Gasteiger charge is 1.99. The number of halogens is 1. The van der Waals surface area contributed by atoms with Crippen LogP contribution in [-0.2, 0) is 6.54 Å². The second-order valence-electron chi connectivity index (χ2n) is 4.34. The van der Waals surface area contributed by atoms with Gasteiger partial charge in [0.25, 0.3) is 0 Å². The van der Waals surface area contributed by atoms with Gasteiger partial charge in [-0.1, -0.05) is 18.2 Å². The van der Waals surface area contributed by atoms with Gasteiger partial charge in [0.05, 0.1) is 12.4 Å². The predicted molar refractivity (Wildman–Crippen MR) is 76.4 cm³/mol. The van der Waals surface area contributed by atoms with E-state index in [0.29, 0.717) is 18.1 Å². The maximum atomic E-state index is 12.0. The Morgan fingerprint density at radius 2 is 1.95 bits per heavy atom. The number of nitrogens with zero attached hydrogens (tertiary/aromatic N) is 1. The number of hydrogen-bond donors (Lipinski definition) is 1. The van der Waals surface area contributed by atoms with Crippen LogP contribution in [0.25, 0.3) is 10.8 Å². The van der Waals surface area contributed by atoms with Crippen LogP contribution in [0.15, 0.2) is 41.4 Å². The van der Waals surface area contributed by atoms with Crippen LogP contribution in [0.4, 0.5) is 4.39 Å². The average Bonchev–Trinajstić information content (AvgIpc) is 2.42. The van der Waals surface area contributed by atoms with Crippen molar-refractivity contribution in [2.24, 2.45) is 10.7 Å². The van der Waals surface area contributed by atoms with E-state index in [9.17, 15) is 4.39 Å². The molecule has 0 atom stereocenters. The SMILES string of the molecule is CC(N)=NCc1ccc2cc(OCC[18F])ccc2c1. The van der Waals surface area contributed by atoms with Gasteiger partial charge in [0.1, 0.15) is 19.0 Å². The van der Waals surface area contributed by atoms with Gasteiger partial charge in [-0.15, -0.1) is 0 Å². The average molecular weight is 259 g/mol. The van der Waals surface area contributed by atoms with Gasteiger partial charge in [-0.05, 0) is 41.5 Å². The molecule has 0 spiro atoms. The standard InChI is InChI=1S/C15H17FN2O/c1-11(17)18-10-12-2-3-14-9-15(19-7-6-16)5-4-13(14)8-12/h2-5,8-9H,6-7,10H2,1H3,(H2,17,18)/i16-1. The lowest BCUT2D eigenvalue weighted by Gasteiger charge is -2.06. The largest absolute Gasteiger partial charge is 0.491 e. The van der Waals surface area contributed by atoms with Crippen molar-refractivity contribution < 1.29 is 9.13 Å². The van der Waals surface area contributed by atoms with Crippen molar-refractivity contribution in [3.05, 3.63) is 42.0 Å². The molecule has 3 nitrogen and oxygen atoms in total. The van der Waals surface area contributed by atoms with E-state index in [4.69, 9.17) is 10.5 Å². The molecular weight excluding hydrogens is 242 g/mol. The van der Waals surface area contributed by atoms with Crippen LogP contribution in [0.5, 0.6) is 5.75 Å². The molecule has 100 valence electrons. The van der Waals surface area contributed by atoms with Crippen LogP contribution < -0.4 is 10.5 Å². The van der Waals surface area contributed by atoms with E-state index in [0.717, 1.165) is 16.3 Å². The van der Waals surface area contributed by atoms with Gasteiger partial charge in [-0.2, -0.15) is 0 Å². The summed E-state index contributed by atoms with van der Waals surface area (Å²) in [6, 6.07) is 11.8. The molecule has 0 saturated carbocycles. The highest BCUT2D eigenvalue weighted by molar-refractivity contribution is 5.84. The minimum absolute atomic E-state index is 0.0914. The van der Waals surface area contributed by atoms with E-state index in [1.807, 2.05) is 30.3 Å². The summed E-state index contributed by atoms with van der Waals surface area (Å²) in [6.07, 6.45) is 0. The van der Waals surface area contributed by atoms with Crippen LogP contribution in [0, 0.1) is 0 Å². The summed E-state index contributed by atoms with van der Waals surface area (Å²) in [4.78, 5) is 4.19. The number of alkyl halides is 1. The summed E-state index contributed by atoms with van der Waals surface area (Å²) in [5.74, 6) is 1.27. The van der Waals surface area contributed by atoms with Gasteiger partial charge in [0.15, 0.2) is 0 Å². The van der Waals surface area contributed by atoms with E-state index >= 15 is 0 Å². The molecule has 0 aliphatic heterocycles. The van der Waals surface area contributed by atoms with Gasteiger partial charge in [0.2, 0.25) is 0 Å². The van der Waals surface area contributed by atoms with Crippen molar-refractivity contribution in [1.82, 2.24) is 0 Å². The number of amidine groups is 1. The minimum atomic E-state index is -0.479. The first-order chi connectivity index (χ1) is 9.19. The zero-order valence-electron chi connectivity index (χ0n) is 10.9. The van der Waals surface area contributed by atoms with Crippen LogP contribution >= 0.6 is 0 Å². The van der Waals surface area contributed by atoms with Crippen molar-refractivity contribution in [2.75, 3.05) is 13.3 Å². The van der Waals surface area contributed by atoms with Crippen molar-refractivity contribution in [3.8, 4) is 5.75 Å². The second-order valence-corrected chi connectivity index (χ2v) is 4.34. The summed E-state index contributed by atoms with van der Waals surface area (Å²) in [7, 11) is 0. The van der Waals surface area contributed by atoms with Gasteiger partial charge < -0.3 is 10.5 Å². The Bertz CT molecular complexity index is 592. The predicted octanol–water partition coefficient (Wildman–Crippen LogP) is 3.07. The molecule has 0 saturated heterocycles. The second kappa shape index (κ2) is 6.18. The number of aliphatic imine (C=N–C) groups is 1. The zero-order valence-corrected chi connectivity index (χ0v) is 10.9. The third kappa shape index (κ3) is 3.68. The summed E-state index contributed by atoms with van der Waals surface area (Å²) in [6.45, 7) is 1.97. The maximum Gasteiger partial charge on any atom is 0.123 e. The first kappa shape index (κ1) is 13.3. The van der Waals surface area contributed by atoms with Crippen LogP contribution in [0.1, 0.15) is 12.5 Å².